The lowest BCUT2D eigenvalue weighted by Crippen LogP contribution is -2.66. The van der Waals surface area contributed by atoms with Crippen LogP contribution in [0.15, 0.2) is 59.7 Å². The fourth-order valence-corrected chi connectivity index (χ4v) is 4.62. The van der Waals surface area contributed by atoms with Gasteiger partial charge in [0.25, 0.3) is 11.8 Å². The van der Waals surface area contributed by atoms with Crippen LogP contribution in [-0.4, -0.2) is 72.6 Å². The smallest absolute Gasteiger partial charge is 0.408 e. The fraction of sp³-hybridized carbons (Fsp3) is 0.444. The second kappa shape index (κ2) is 11.8. The third-order valence-electron chi connectivity index (χ3n) is 6.30. The minimum atomic E-state index is -1.08. The molecule has 1 fully saturated rings. The number of benzene rings is 2. The van der Waals surface area contributed by atoms with Crippen molar-refractivity contribution in [3.05, 3.63) is 81.7 Å². The predicted molar refractivity (Wildman–Crippen MR) is 139 cm³/mol. The highest BCUT2D eigenvalue weighted by Gasteiger charge is 2.50. The molecule has 39 heavy (non-hydrogen) atoms. The van der Waals surface area contributed by atoms with Crippen LogP contribution >= 0.6 is 0 Å². The Morgan fingerprint density at radius 2 is 1.69 bits per heavy atom. The van der Waals surface area contributed by atoms with Crippen LogP contribution in [-0.2, 0) is 25.6 Å². The Morgan fingerprint density at radius 3 is 2.26 bits per heavy atom. The summed E-state index contributed by atoms with van der Waals surface area (Å²) >= 11 is 0. The summed E-state index contributed by atoms with van der Waals surface area (Å²) in [6, 6.07) is 13.8. The van der Waals surface area contributed by atoms with Crippen molar-refractivity contribution in [2.24, 2.45) is 5.11 Å². The molecule has 0 aromatic heterocycles. The topological polar surface area (TPSA) is 152 Å². The zero-order chi connectivity index (χ0) is 28.2. The third-order valence-corrected chi connectivity index (χ3v) is 6.30. The highest BCUT2D eigenvalue weighted by molar-refractivity contribution is 6.21. The Bertz CT molecular complexity index is 1220. The third kappa shape index (κ3) is 6.37. The summed E-state index contributed by atoms with van der Waals surface area (Å²) in [5, 5.41) is 6.66. The predicted octanol–water partition coefficient (Wildman–Crippen LogP) is 3.81. The number of alkyl carbamates (subject to hydrolysis) is 1. The zero-order valence-electron chi connectivity index (χ0n) is 22.1. The van der Waals surface area contributed by atoms with Crippen LogP contribution in [0.1, 0.15) is 47.1 Å². The van der Waals surface area contributed by atoms with Gasteiger partial charge in [0, 0.05) is 12.0 Å². The molecular weight excluding hydrogens is 506 g/mol. The second-order valence-electron chi connectivity index (χ2n) is 10.2. The molecule has 0 saturated carbocycles. The normalized spacial score (nSPS) is 24.6. The van der Waals surface area contributed by atoms with Gasteiger partial charge in [-0.15, -0.1) is 0 Å². The first-order valence-electron chi connectivity index (χ1n) is 12.5. The van der Waals surface area contributed by atoms with Crippen molar-refractivity contribution in [3.8, 4) is 0 Å². The summed E-state index contributed by atoms with van der Waals surface area (Å²) in [6.07, 6.45) is -3.79. The number of methoxy groups -OCH3 is 1. The van der Waals surface area contributed by atoms with Crippen LogP contribution in [0.2, 0.25) is 0 Å². The number of hydrogen-bond acceptors (Lipinski definition) is 8. The number of nitrogens with zero attached hydrogens (tertiary/aromatic N) is 4. The van der Waals surface area contributed by atoms with Gasteiger partial charge in [-0.3, -0.25) is 14.5 Å². The maximum Gasteiger partial charge on any atom is 0.408 e. The highest BCUT2D eigenvalue weighted by Crippen LogP contribution is 2.31. The maximum absolute atomic E-state index is 13.0. The molecule has 0 unspecified atom stereocenters. The van der Waals surface area contributed by atoms with Gasteiger partial charge in [-0.2, -0.15) is 0 Å². The second-order valence-corrected chi connectivity index (χ2v) is 10.2. The number of carbonyl (C=O) groups is 3. The van der Waals surface area contributed by atoms with Crippen molar-refractivity contribution in [2.75, 3.05) is 13.7 Å². The number of fused-ring (bicyclic) bond motifs is 1. The lowest BCUT2D eigenvalue weighted by Gasteiger charge is -2.45. The van der Waals surface area contributed by atoms with E-state index in [1.54, 1.807) is 45.0 Å². The average molecular weight is 538 g/mol. The van der Waals surface area contributed by atoms with Gasteiger partial charge >= 0.3 is 6.09 Å². The van der Waals surface area contributed by atoms with Crippen LogP contribution in [0.4, 0.5) is 4.79 Å². The first-order chi connectivity index (χ1) is 18.6. The van der Waals surface area contributed by atoms with E-state index in [4.69, 9.17) is 18.9 Å². The van der Waals surface area contributed by atoms with E-state index in [0.717, 1.165) is 10.5 Å². The molecule has 2 aliphatic rings. The SMILES string of the molecule is CO[C@H]1O[C@H](CN2C(=O)c3ccccc3C2=O)[C@H](N=[N+]=[N-])[C@@H](OCc2ccccc2)[C@@H]1NC(=O)OC(C)(C)C. The van der Waals surface area contributed by atoms with Gasteiger partial charge < -0.3 is 24.3 Å². The largest absolute Gasteiger partial charge is 0.444 e. The summed E-state index contributed by atoms with van der Waals surface area (Å²) in [4.78, 5) is 42.9. The molecular formula is C27H31N5O7. The quantitative estimate of drug-likeness (QED) is 0.233. The van der Waals surface area contributed by atoms with Crippen LogP contribution in [0.3, 0.4) is 0 Å². The minimum absolute atomic E-state index is 0.117. The van der Waals surface area contributed by atoms with E-state index >= 15 is 0 Å². The molecule has 2 aromatic rings. The average Bonchev–Trinajstić information content (AvgIpc) is 3.14. The Hall–Kier alpha value is -3.96. The number of ether oxygens (including phenoxy) is 4. The first kappa shape index (κ1) is 28.1. The van der Waals surface area contributed by atoms with Gasteiger partial charge in [-0.05, 0) is 44.0 Å². The molecule has 5 atom stereocenters. The van der Waals surface area contributed by atoms with Crippen LogP contribution in [0.5, 0.6) is 0 Å². The van der Waals surface area contributed by atoms with Crippen molar-refractivity contribution < 1.29 is 33.3 Å². The summed E-state index contributed by atoms with van der Waals surface area (Å²) in [7, 11) is 1.38. The number of imide groups is 1. The molecule has 0 spiro atoms. The van der Waals surface area contributed by atoms with Crippen LogP contribution < -0.4 is 5.32 Å². The van der Waals surface area contributed by atoms with Crippen molar-refractivity contribution in [1.29, 1.82) is 0 Å². The molecule has 1 saturated heterocycles. The summed E-state index contributed by atoms with van der Waals surface area (Å²) in [6.45, 7) is 5.07. The highest BCUT2D eigenvalue weighted by atomic mass is 16.7. The number of rotatable bonds is 8. The zero-order valence-corrected chi connectivity index (χ0v) is 22.1. The number of hydrogen-bond donors (Lipinski definition) is 1. The number of amides is 3. The van der Waals surface area contributed by atoms with Gasteiger partial charge in [0.15, 0.2) is 6.29 Å². The lowest BCUT2D eigenvalue weighted by atomic mass is 9.94. The van der Waals surface area contributed by atoms with Crippen LogP contribution in [0.25, 0.3) is 10.4 Å². The van der Waals surface area contributed by atoms with E-state index in [1.807, 2.05) is 30.3 Å². The van der Waals surface area contributed by atoms with Crippen LogP contribution in [0, 0.1) is 0 Å². The van der Waals surface area contributed by atoms with Crippen molar-refractivity contribution >= 4 is 17.9 Å². The fourth-order valence-electron chi connectivity index (χ4n) is 4.62. The van der Waals surface area contributed by atoms with Gasteiger partial charge in [-0.25, -0.2) is 4.79 Å². The number of nitrogens with one attached hydrogen (secondary N) is 1. The van der Waals surface area contributed by atoms with Gasteiger partial charge in [0.1, 0.15) is 11.6 Å². The summed E-state index contributed by atoms with van der Waals surface area (Å²) in [5.41, 5.74) is 10.1. The number of carbonyl (C=O) groups excluding carboxylic acids is 3. The Labute approximate surface area is 225 Å². The van der Waals surface area contributed by atoms with E-state index in [0.29, 0.717) is 0 Å². The molecule has 0 aliphatic carbocycles. The lowest BCUT2D eigenvalue weighted by molar-refractivity contribution is -0.235. The number of azide groups is 1. The maximum atomic E-state index is 13.0. The molecule has 3 amide bonds. The molecule has 12 nitrogen and oxygen atoms in total. The van der Waals surface area contributed by atoms with Gasteiger partial charge in [0.05, 0.1) is 42.5 Å². The minimum Gasteiger partial charge on any atom is -0.444 e. The van der Waals surface area contributed by atoms with Gasteiger partial charge in [0.2, 0.25) is 0 Å². The Balaban J connectivity index is 1.64. The monoisotopic (exact) mass is 537 g/mol. The molecule has 4 rings (SSSR count). The van der Waals surface area contributed by atoms with Gasteiger partial charge in [-0.1, -0.05) is 47.6 Å². The Morgan fingerprint density at radius 1 is 1.08 bits per heavy atom. The van der Waals surface area contributed by atoms with Crippen molar-refractivity contribution in [2.45, 2.75) is 63.6 Å². The molecule has 2 aliphatic heterocycles. The van der Waals surface area contributed by atoms with E-state index in [9.17, 15) is 19.9 Å². The summed E-state index contributed by atoms with van der Waals surface area (Å²) in [5.74, 6) is -0.966. The molecule has 0 radical (unpaired) electrons. The molecule has 1 N–H and O–H groups in total. The Kier molecular flexibility index (Phi) is 8.51. The van der Waals surface area contributed by atoms with Crippen molar-refractivity contribution in [1.82, 2.24) is 10.2 Å². The van der Waals surface area contributed by atoms with E-state index in [1.165, 1.54) is 7.11 Å². The molecule has 12 heteroatoms. The summed E-state index contributed by atoms with van der Waals surface area (Å²) < 4.78 is 23.3. The molecule has 206 valence electrons. The van der Waals surface area contributed by atoms with E-state index < -0.39 is 54.1 Å². The molecule has 2 heterocycles. The van der Waals surface area contributed by atoms with Crippen molar-refractivity contribution in [3.63, 3.8) is 0 Å². The molecule has 2 aromatic carbocycles. The molecule has 0 bridgehead atoms. The van der Waals surface area contributed by atoms with E-state index in [2.05, 4.69) is 15.3 Å². The standard InChI is InChI=1S/C27H31N5O7/c1-27(2,3)39-26(35)29-21-22(37-15-16-10-6-5-7-11-16)20(30-31-28)19(38-25(21)36-4)14-32-23(33)17-12-8-9-13-18(17)24(32)34/h5-13,19-22,25H,14-15H2,1-4H3,(H,29,35)/t19-,20+,21+,22-,25+/m1/s1. The van der Waals surface area contributed by atoms with E-state index in [-0.39, 0.29) is 24.3 Å². The first-order valence-corrected chi connectivity index (χ1v) is 12.5.